The van der Waals surface area contributed by atoms with Crippen LogP contribution in [0, 0.1) is 0 Å². The fourth-order valence-electron chi connectivity index (χ4n) is 19.5. The van der Waals surface area contributed by atoms with Crippen molar-refractivity contribution in [3.05, 3.63) is 385 Å². The maximum Gasteiger partial charge on any atom is 0.249 e. The van der Waals surface area contributed by atoms with Crippen molar-refractivity contribution in [3.63, 3.8) is 0 Å². The zero-order chi connectivity index (χ0) is 74.2. The van der Waals surface area contributed by atoms with Gasteiger partial charge in [-0.1, -0.05) is 367 Å². The molecule has 0 fully saturated rings. The molecule has 16 aromatic carbocycles. The minimum absolute atomic E-state index is 0.0108. The van der Waals surface area contributed by atoms with E-state index in [4.69, 9.17) is 0 Å². The number of para-hydroxylation sites is 2. The Hall–Kier alpha value is -12.1. The number of nitrogens with zero attached hydrogens (tertiary/aromatic N) is 2. The second kappa shape index (κ2) is 25.0. The van der Waals surface area contributed by atoms with Gasteiger partial charge in [0.15, 0.2) is 0 Å². The standard InChI is InChI=1S/C105H76B2N2S2/c1-103(2,3)75-49-43-67(44-50-75)73-57-95-101-99(59-73)110-97-63-85-81(61-89(97)106(101)87-55-71(65-27-11-7-12-28-65)47-53-93(87)108(95)91-41-25-21-35-77(91)69-31-15-9-16-32-69)79-37-19-23-39-83(79)105(85)84-40-24-20-38-80(84)82-62-90-98(64-86(82)105)111-100-60-74(68-45-51-76(52-46-68)104(4,5)6)58-96-102(100)107(90)88-56-72(66-29-13-8-14-30-66)48-54-94(88)109(96)92-42-26-22-36-78(92)70-33-17-10-18-34-70/h7-64H,1-6H3. The van der Waals surface area contributed by atoms with Gasteiger partial charge in [0.1, 0.15) is 0 Å². The highest BCUT2D eigenvalue weighted by atomic mass is 32.2. The van der Waals surface area contributed by atoms with Gasteiger partial charge in [-0.2, -0.15) is 0 Å². The Balaban J connectivity index is 0.779. The summed E-state index contributed by atoms with van der Waals surface area (Å²) in [6.07, 6.45) is 0. The maximum atomic E-state index is 2.68. The molecule has 524 valence electrons. The van der Waals surface area contributed by atoms with Crippen molar-refractivity contribution in [2.24, 2.45) is 0 Å². The maximum absolute atomic E-state index is 2.68. The molecule has 4 aliphatic heterocycles. The first-order valence-corrected chi connectivity index (χ1v) is 40.7. The molecular weight excluding hydrogens is 1370 g/mol. The van der Waals surface area contributed by atoms with E-state index in [9.17, 15) is 0 Å². The molecule has 2 nitrogen and oxygen atoms in total. The van der Waals surface area contributed by atoms with Crippen LogP contribution in [0.2, 0.25) is 0 Å². The predicted octanol–water partition coefficient (Wildman–Crippen LogP) is 24.2. The van der Waals surface area contributed by atoms with Crippen LogP contribution in [0.25, 0.3) is 89.0 Å². The van der Waals surface area contributed by atoms with Crippen LogP contribution in [0.15, 0.2) is 371 Å². The van der Waals surface area contributed by atoms with Gasteiger partial charge in [0, 0.05) is 53.5 Å². The SMILES string of the molecule is CC(C)(C)c1ccc(-c2cc3c4c(c2)N(c2ccccc2-c2ccccc2)c2ccc(-c5ccccc5)cc2B4c2cc4c(cc2S3)C2(c3ccccc3-4)c3ccccc3-c3cc4c(cc32)Sc2cc(-c3ccc(C(C)(C)C)cc3)cc3c2B4c2cc(-c4ccccc4)ccc2N3c2ccccc2-c2ccccc2)cc1. The summed E-state index contributed by atoms with van der Waals surface area (Å²) >= 11 is 3.94. The molecule has 0 unspecified atom stereocenters. The van der Waals surface area contributed by atoms with Crippen molar-refractivity contribution in [1.29, 1.82) is 0 Å². The molecule has 0 bridgehead atoms. The average molecular weight is 1450 g/mol. The lowest BCUT2D eigenvalue weighted by Gasteiger charge is -2.42. The molecule has 22 rings (SSSR count). The van der Waals surface area contributed by atoms with Gasteiger partial charge < -0.3 is 9.80 Å². The minimum atomic E-state index is -0.654. The lowest BCUT2D eigenvalue weighted by molar-refractivity contribution is 0.590. The topological polar surface area (TPSA) is 6.48 Å². The Morgan fingerprint density at radius 2 is 0.559 bits per heavy atom. The summed E-state index contributed by atoms with van der Waals surface area (Å²) in [6, 6.07) is 135. The molecule has 0 N–H and O–H groups in total. The van der Waals surface area contributed by atoms with Gasteiger partial charge in [0.2, 0.25) is 13.4 Å². The zero-order valence-electron chi connectivity index (χ0n) is 62.9. The van der Waals surface area contributed by atoms with E-state index in [0.29, 0.717) is 0 Å². The quantitative estimate of drug-likeness (QED) is 0.140. The molecule has 0 aromatic heterocycles. The Bertz CT molecular complexity index is 6140. The van der Waals surface area contributed by atoms with Crippen molar-refractivity contribution < 1.29 is 0 Å². The van der Waals surface area contributed by atoms with Gasteiger partial charge >= 0.3 is 0 Å². The van der Waals surface area contributed by atoms with E-state index in [1.807, 2.05) is 23.5 Å². The van der Waals surface area contributed by atoms with Crippen LogP contribution >= 0.6 is 23.5 Å². The van der Waals surface area contributed by atoms with Gasteiger partial charge in [-0.3, -0.25) is 0 Å². The van der Waals surface area contributed by atoms with Gasteiger partial charge in [-0.15, -0.1) is 0 Å². The molecule has 1 spiro atoms. The first-order chi connectivity index (χ1) is 54.3. The normalized spacial score (nSPS) is 14.0. The lowest BCUT2D eigenvalue weighted by Crippen LogP contribution is -2.60. The van der Waals surface area contributed by atoms with Crippen LogP contribution in [0.5, 0.6) is 0 Å². The summed E-state index contributed by atoms with van der Waals surface area (Å²) in [5.41, 5.74) is 42.1. The van der Waals surface area contributed by atoms with E-state index in [2.05, 4.69) is 403 Å². The molecule has 16 aromatic rings. The van der Waals surface area contributed by atoms with Crippen LogP contribution in [0.1, 0.15) is 74.9 Å². The van der Waals surface area contributed by atoms with E-state index in [1.165, 1.54) is 198 Å². The molecule has 0 saturated heterocycles. The van der Waals surface area contributed by atoms with Crippen molar-refractivity contribution in [1.82, 2.24) is 0 Å². The van der Waals surface area contributed by atoms with Crippen LogP contribution in [-0.4, -0.2) is 13.4 Å². The number of benzene rings is 16. The van der Waals surface area contributed by atoms with Gasteiger partial charge in [0.05, 0.1) is 16.8 Å². The van der Waals surface area contributed by atoms with Gasteiger partial charge in [0.25, 0.3) is 0 Å². The smallest absolute Gasteiger partial charge is 0.249 e. The van der Waals surface area contributed by atoms with E-state index in [1.54, 1.807) is 0 Å². The highest BCUT2D eigenvalue weighted by Gasteiger charge is 2.55. The molecule has 6 heteroatoms. The third-order valence-corrected chi connectivity index (χ3v) is 27.0. The summed E-state index contributed by atoms with van der Waals surface area (Å²) in [5, 5.41) is 0. The highest BCUT2D eigenvalue weighted by molar-refractivity contribution is 8.00. The summed E-state index contributed by atoms with van der Waals surface area (Å²) in [5.74, 6) is 0. The summed E-state index contributed by atoms with van der Waals surface area (Å²) in [6.45, 7) is 13.7. The number of anilines is 6. The Morgan fingerprint density at radius 1 is 0.225 bits per heavy atom. The third kappa shape index (κ3) is 10.2. The van der Waals surface area contributed by atoms with Gasteiger partial charge in [-0.05, 0) is 205 Å². The minimum Gasteiger partial charge on any atom is -0.311 e. The average Bonchev–Trinajstić information content (AvgIpc) is 1.56. The van der Waals surface area contributed by atoms with Crippen molar-refractivity contribution in [2.45, 2.75) is 77.4 Å². The lowest BCUT2D eigenvalue weighted by atomic mass is 9.34. The Kier molecular flexibility index (Phi) is 14.9. The second-order valence-electron chi connectivity index (χ2n) is 33.0. The predicted molar refractivity (Wildman–Crippen MR) is 473 cm³/mol. The largest absolute Gasteiger partial charge is 0.311 e. The molecule has 0 atom stereocenters. The number of hydrogen-bond donors (Lipinski definition) is 0. The van der Waals surface area contributed by atoms with Crippen LogP contribution in [-0.2, 0) is 16.2 Å². The molecule has 0 saturated carbocycles. The second-order valence-corrected chi connectivity index (χ2v) is 35.1. The monoisotopic (exact) mass is 1450 g/mol. The molecule has 111 heavy (non-hydrogen) atoms. The summed E-state index contributed by atoms with van der Waals surface area (Å²) < 4.78 is 0. The van der Waals surface area contributed by atoms with Crippen LogP contribution in [0.3, 0.4) is 0 Å². The fourth-order valence-corrected chi connectivity index (χ4v) is 21.9. The molecule has 6 aliphatic rings. The van der Waals surface area contributed by atoms with E-state index >= 15 is 0 Å². The molecule has 0 radical (unpaired) electrons. The van der Waals surface area contributed by atoms with Crippen LogP contribution in [0.4, 0.5) is 34.1 Å². The van der Waals surface area contributed by atoms with Gasteiger partial charge in [-0.25, -0.2) is 0 Å². The summed E-state index contributed by atoms with van der Waals surface area (Å²) in [7, 11) is 0. The third-order valence-electron chi connectivity index (χ3n) is 24.7. The first-order valence-electron chi connectivity index (χ1n) is 39.1. The number of rotatable bonds is 8. The van der Waals surface area contributed by atoms with E-state index in [0.717, 1.165) is 11.4 Å². The van der Waals surface area contributed by atoms with Crippen molar-refractivity contribution in [2.75, 3.05) is 9.80 Å². The molecule has 2 aliphatic carbocycles. The fraction of sp³-hybridized carbons (Fsp3) is 0.0857. The zero-order valence-corrected chi connectivity index (χ0v) is 64.5. The highest BCUT2D eigenvalue weighted by Crippen LogP contribution is 2.64. The van der Waals surface area contributed by atoms with E-state index < -0.39 is 5.41 Å². The van der Waals surface area contributed by atoms with Crippen molar-refractivity contribution in [3.8, 4) is 89.0 Å². The molecular formula is C105H76B2N2S2. The number of hydrogen-bond acceptors (Lipinski definition) is 4. The molecule has 4 heterocycles. The Morgan fingerprint density at radius 3 is 0.946 bits per heavy atom. The Labute approximate surface area is 660 Å². The summed E-state index contributed by atoms with van der Waals surface area (Å²) in [4.78, 5) is 10.4. The van der Waals surface area contributed by atoms with E-state index in [-0.39, 0.29) is 24.3 Å². The first kappa shape index (κ1) is 66.0. The van der Waals surface area contributed by atoms with Crippen LogP contribution < -0.4 is 42.6 Å². The number of fused-ring (bicyclic) bond motifs is 18. The molecule has 0 amide bonds. The van der Waals surface area contributed by atoms with Crippen molar-refractivity contribution >= 4 is 104 Å².